The summed E-state index contributed by atoms with van der Waals surface area (Å²) in [6, 6.07) is 0. The SMILES string of the molecule is CCCCCCCCCCCCCCCC(=O)[O-].[Pt+2]. The third-order valence-electron chi connectivity index (χ3n) is 3.48. The van der Waals surface area contributed by atoms with Gasteiger partial charge in [-0.1, -0.05) is 84.0 Å². The third kappa shape index (κ3) is 20.6. The van der Waals surface area contributed by atoms with Crippen LogP contribution in [0.4, 0.5) is 0 Å². The molecule has 0 aromatic carbocycles. The molecular formula is C16H31O2Pt+. The zero-order valence-corrected chi connectivity index (χ0v) is 14.8. The second-order valence-electron chi connectivity index (χ2n) is 5.36. The van der Waals surface area contributed by atoms with Gasteiger partial charge >= 0.3 is 21.1 Å². The number of carboxylic acids is 1. The molecule has 0 N–H and O–H groups in total. The van der Waals surface area contributed by atoms with Crippen LogP contribution in [0.15, 0.2) is 0 Å². The summed E-state index contributed by atoms with van der Waals surface area (Å²) in [6.07, 6.45) is 16.9. The summed E-state index contributed by atoms with van der Waals surface area (Å²) >= 11 is 0. The van der Waals surface area contributed by atoms with Gasteiger partial charge < -0.3 is 9.90 Å². The second kappa shape index (κ2) is 18.2. The Hall–Kier alpha value is 0.158. The zero-order chi connectivity index (χ0) is 13.5. The standard InChI is InChI=1S/C16H32O2.Pt/c1-2-3-4-5-6-7-8-9-10-11-12-13-14-15-16(17)18;/h2-15H2,1H3,(H,17,18);/q;+2/p-1. The van der Waals surface area contributed by atoms with Crippen molar-refractivity contribution in [2.75, 3.05) is 0 Å². The van der Waals surface area contributed by atoms with E-state index in [1.807, 2.05) is 0 Å². The maximum atomic E-state index is 10.2. The van der Waals surface area contributed by atoms with Gasteiger partial charge in [-0.05, 0) is 12.8 Å². The summed E-state index contributed by atoms with van der Waals surface area (Å²) < 4.78 is 0. The molecular weight excluding hydrogens is 419 g/mol. The van der Waals surface area contributed by atoms with Crippen molar-refractivity contribution in [2.45, 2.75) is 96.8 Å². The normalized spacial score (nSPS) is 10.2. The van der Waals surface area contributed by atoms with E-state index in [1.165, 1.54) is 70.6 Å². The third-order valence-corrected chi connectivity index (χ3v) is 3.48. The molecule has 0 aliphatic rings. The van der Waals surface area contributed by atoms with Crippen LogP contribution in [0.5, 0.6) is 0 Å². The first-order valence-corrected chi connectivity index (χ1v) is 7.97. The molecule has 0 spiro atoms. The Morgan fingerprint density at radius 2 is 1.00 bits per heavy atom. The Labute approximate surface area is 134 Å². The van der Waals surface area contributed by atoms with Crippen molar-refractivity contribution in [3.8, 4) is 0 Å². The predicted molar refractivity (Wildman–Crippen MR) is 75.3 cm³/mol. The molecule has 19 heavy (non-hydrogen) atoms. The van der Waals surface area contributed by atoms with Crippen LogP contribution in [0.25, 0.3) is 0 Å². The molecule has 0 heterocycles. The number of carbonyl (C=O) groups is 1. The zero-order valence-electron chi connectivity index (χ0n) is 12.5. The number of unbranched alkanes of at least 4 members (excludes halogenated alkanes) is 12. The molecule has 0 aromatic rings. The molecule has 0 aromatic heterocycles. The van der Waals surface area contributed by atoms with Gasteiger partial charge in [0.25, 0.3) is 0 Å². The minimum absolute atomic E-state index is 0. The number of hydrogen-bond donors (Lipinski definition) is 0. The van der Waals surface area contributed by atoms with Crippen molar-refractivity contribution in [3.05, 3.63) is 0 Å². The first kappa shape index (κ1) is 21.5. The van der Waals surface area contributed by atoms with Crippen LogP contribution in [0.3, 0.4) is 0 Å². The Balaban J connectivity index is 0. The van der Waals surface area contributed by atoms with Crippen LogP contribution in [0.2, 0.25) is 0 Å². The maximum Gasteiger partial charge on any atom is 2.00 e. The van der Waals surface area contributed by atoms with E-state index in [-0.39, 0.29) is 27.5 Å². The molecule has 0 unspecified atom stereocenters. The Bertz CT molecular complexity index is 184. The topological polar surface area (TPSA) is 40.1 Å². The van der Waals surface area contributed by atoms with Gasteiger partial charge in [-0.3, -0.25) is 0 Å². The molecule has 3 heteroatoms. The molecule has 0 saturated carbocycles. The molecule has 116 valence electrons. The van der Waals surface area contributed by atoms with E-state index < -0.39 is 5.97 Å². The molecule has 0 saturated heterocycles. The van der Waals surface area contributed by atoms with E-state index >= 15 is 0 Å². The monoisotopic (exact) mass is 450 g/mol. The Morgan fingerprint density at radius 3 is 1.32 bits per heavy atom. The summed E-state index contributed by atoms with van der Waals surface area (Å²) in [4.78, 5) is 10.2. The van der Waals surface area contributed by atoms with Crippen molar-refractivity contribution in [2.24, 2.45) is 0 Å². The summed E-state index contributed by atoms with van der Waals surface area (Å²) in [5.74, 6) is -0.905. The van der Waals surface area contributed by atoms with Gasteiger partial charge in [0.1, 0.15) is 0 Å². The summed E-state index contributed by atoms with van der Waals surface area (Å²) in [7, 11) is 0. The summed E-state index contributed by atoms with van der Waals surface area (Å²) in [5.41, 5.74) is 0. The maximum absolute atomic E-state index is 10.2. The molecule has 0 atom stereocenters. The first-order chi connectivity index (χ1) is 8.77. The Kier molecular flexibility index (Phi) is 20.5. The molecule has 0 amide bonds. The molecule has 0 aliphatic carbocycles. The van der Waals surface area contributed by atoms with Crippen molar-refractivity contribution in [1.82, 2.24) is 0 Å². The average molecular weight is 450 g/mol. The van der Waals surface area contributed by atoms with Crippen LogP contribution in [0, 0.1) is 0 Å². The fourth-order valence-corrected chi connectivity index (χ4v) is 2.29. The van der Waals surface area contributed by atoms with E-state index in [0.717, 1.165) is 12.8 Å². The molecule has 0 radical (unpaired) electrons. The number of aliphatic carboxylic acids is 1. The van der Waals surface area contributed by atoms with Crippen LogP contribution >= 0.6 is 0 Å². The van der Waals surface area contributed by atoms with Gasteiger partial charge in [-0.25, -0.2) is 0 Å². The quantitative estimate of drug-likeness (QED) is 0.372. The van der Waals surface area contributed by atoms with Crippen molar-refractivity contribution in [3.63, 3.8) is 0 Å². The predicted octanol–water partition coefficient (Wildman–Crippen LogP) is 4.22. The number of carbonyl (C=O) groups excluding carboxylic acids is 1. The van der Waals surface area contributed by atoms with E-state index in [0.29, 0.717) is 0 Å². The van der Waals surface area contributed by atoms with Gasteiger partial charge in [0.15, 0.2) is 0 Å². The smallest absolute Gasteiger partial charge is 0.550 e. The second-order valence-corrected chi connectivity index (χ2v) is 5.36. The van der Waals surface area contributed by atoms with Crippen LogP contribution in [-0.4, -0.2) is 5.97 Å². The largest absolute Gasteiger partial charge is 2.00 e. The fraction of sp³-hybridized carbons (Fsp3) is 0.938. The molecule has 2 nitrogen and oxygen atoms in total. The van der Waals surface area contributed by atoms with Gasteiger partial charge in [0.05, 0.1) is 0 Å². The van der Waals surface area contributed by atoms with Crippen molar-refractivity contribution >= 4 is 5.97 Å². The van der Waals surface area contributed by atoms with Crippen LogP contribution < -0.4 is 5.11 Å². The average Bonchev–Trinajstić information content (AvgIpc) is 2.34. The number of rotatable bonds is 14. The molecule has 0 rings (SSSR count). The Morgan fingerprint density at radius 1 is 0.684 bits per heavy atom. The minimum atomic E-state index is -0.905. The van der Waals surface area contributed by atoms with E-state index in [9.17, 15) is 9.90 Å². The summed E-state index contributed by atoms with van der Waals surface area (Å²) in [6.45, 7) is 2.26. The minimum Gasteiger partial charge on any atom is -0.550 e. The molecule has 0 fully saturated rings. The van der Waals surface area contributed by atoms with Gasteiger partial charge in [-0.2, -0.15) is 0 Å². The van der Waals surface area contributed by atoms with Crippen LogP contribution in [0.1, 0.15) is 96.8 Å². The van der Waals surface area contributed by atoms with E-state index in [2.05, 4.69) is 6.92 Å². The van der Waals surface area contributed by atoms with Crippen molar-refractivity contribution in [1.29, 1.82) is 0 Å². The van der Waals surface area contributed by atoms with E-state index in [4.69, 9.17) is 0 Å². The van der Waals surface area contributed by atoms with Crippen molar-refractivity contribution < 1.29 is 31.0 Å². The number of hydrogen-bond acceptors (Lipinski definition) is 2. The van der Waals surface area contributed by atoms with Crippen LogP contribution in [-0.2, 0) is 25.9 Å². The molecule has 0 bridgehead atoms. The fourth-order valence-electron chi connectivity index (χ4n) is 2.29. The van der Waals surface area contributed by atoms with Gasteiger partial charge in [0, 0.05) is 5.97 Å². The van der Waals surface area contributed by atoms with Gasteiger partial charge in [-0.15, -0.1) is 0 Å². The van der Waals surface area contributed by atoms with Gasteiger partial charge in [0.2, 0.25) is 0 Å². The molecule has 0 aliphatic heterocycles. The van der Waals surface area contributed by atoms with E-state index in [1.54, 1.807) is 0 Å². The number of carboxylic acid groups (broad SMARTS) is 1. The first-order valence-electron chi connectivity index (χ1n) is 7.97. The summed E-state index contributed by atoms with van der Waals surface area (Å²) in [5, 5.41) is 10.2.